The Kier molecular flexibility index (Phi) is 7.49. The molecule has 1 saturated carbocycles. The number of halogens is 3. The maximum absolute atomic E-state index is 13.3. The summed E-state index contributed by atoms with van der Waals surface area (Å²) < 4.78 is 40.0. The van der Waals surface area contributed by atoms with E-state index < -0.39 is 17.3 Å². The number of pyridine rings is 1. The van der Waals surface area contributed by atoms with Gasteiger partial charge in [-0.25, -0.2) is 0 Å². The fraction of sp³-hybridized carbons (Fsp3) is 0.400. The summed E-state index contributed by atoms with van der Waals surface area (Å²) >= 11 is 3.99. The number of rotatable bonds is 7. The number of carbonyl (C=O) groups is 2. The average Bonchev–Trinajstić information content (AvgIpc) is 3.64. The Morgan fingerprint density at radius 1 is 1.22 bits per heavy atom. The van der Waals surface area contributed by atoms with Crippen molar-refractivity contribution >= 4 is 35.8 Å². The van der Waals surface area contributed by atoms with Gasteiger partial charge in [0.15, 0.2) is 0 Å². The van der Waals surface area contributed by atoms with Crippen LogP contribution in [0.5, 0.6) is 0 Å². The Morgan fingerprint density at radius 2 is 2.00 bits per heavy atom. The molecule has 1 atom stereocenters. The van der Waals surface area contributed by atoms with Gasteiger partial charge >= 0.3 is 6.18 Å². The van der Waals surface area contributed by atoms with Gasteiger partial charge in [0.05, 0.1) is 35.4 Å². The first-order valence-electron chi connectivity index (χ1n) is 11.7. The molecule has 0 radical (unpaired) electrons. The number of carbonyl (C=O) groups excluding carboxylic acids is 2. The normalized spacial score (nSPS) is 18.8. The predicted octanol–water partition coefficient (Wildman–Crippen LogP) is 4.30. The fourth-order valence-corrected chi connectivity index (χ4v) is 4.15. The largest absolute Gasteiger partial charge is 0.418 e. The van der Waals surface area contributed by atoms with Crippen molar-refractivity contribution in [3.05, 3.63) is 59.6 Å². The molecule has 11 heteroatoms. The van der Waals surface area contributed by atoms with E-state index in [4.69, 9.17) is 0 Å². The number of alkyl halides is 3. The van der Waals surface area contributed by atoms with Crippen molar-refractivity contribution < 1.29 is 22.8 Å². The molecule has 0 saturated heterocycles. The van der Waals surface area contributed by atoms with Crippen LogP contribution in [0.2, 0.25) is 0 Å². The molecule has 4 N–H and O–H groups in total. The number of amides is 2. The van der Waals surface area contributed by atoms with Crippen LogP contribution in [0, 0.1) is 5.92 Å². The standard InChI is InChI=1S/C25H28F3N5O2S/c1-15-2-3-16(12-29-11-15)22(34)33-24(8-9-24)23(35)31-13-17-4-5-18(14-30-17)32-21-7-6-19(36)10-20(21)25(26,27)28/h4-7,10,12,14-15,29,32,36H,2-3,8-9,11,13H2,1H3,(H,31,35)(H,33,34)/t15-/m1/s1. The van der Waals surface area contributed by atoms with Gasteiger partial charge in [-0.05, 0) is 61.9 Å². The van der Waals surface area contributed by atoms with Crippen LogP contribution in [-0.4, -0.2) is 28.9 Å². The lowest BCUT2D eigenvalue weighted by atomic mass is 10.0. The van der Waals surface area contributed by atoms with Crippen LogP contribution in [0.15, 0.2) is 53.2 Å². The monoisotopic (exact) mass is 519 g/mol. The zero-order valence-electron chi connectivity index (χ0n) is 19.7. The first-order chi connectivity index (χ1) is 17.1. The van der Waals surface area contributed by atoms with Crippen LogP contribution in [0.4, 0.5) is 24.5 Å². The summed E-state index contributed by atoms with van der Waals surface area (Å²) in [5.41, 5.74) is -0.308. The first kappa shape index (κ1) is 25.9. The number of hydrogen-bond acceptors (Lipinski definition) is 6. The number of nitrogens with zero attached hydrogens (tertiary/aromatic N) is 1. The zero-order valence-corrected chi connectivity index (χ0v) is 20.6. The minimum absolute atomic E-state index is 0.108. The van der Waals surface area contributed by atoms with Gasteiger partial charge < -0.3 is 21.3 Å². The van der Waals surface area contributed by atoms with Crippen molar-refractivity contribution in [2.75, 3.05) is 11.9 Å². The molecule has 1 aromatic carbocycles. The summed E-state index contributed by atoms with van der Waals surface area (Å²) in [5, 5.41) is 11.6. The Balaban J connectivity index is 1.32. The summed E-state index contributed by atoms with van der Waals surface area (Å²) in [7, 11) is 0. The summed E-state index contributed by atoms with van der Waals surface area (Å²) in [5.74, 6) is -0.0434. The molecule has 1 aliphatic heterocycles. The van der Waals surface area contributed by atoms with E-state index in [9.17, 15) is 22.8 Å². The number of nitrogens with one attached hydrogen (secondary N) is 4. The lowest BCUT2D eigenvalue weighted by Crippen LogP contribution is -2.49. The summed E-state index contributed by atoms with van der Waals surface area (Å²) in [6, 6.07) is 6.94. The van der Waals surface area contributed by atoms with E-state index in [1.165, 1.54) is 18.3 Å². The van der Waals surface area contributed by atoms with Crippen molar-refractivity contribution in [3.63, 3.8) is 0 Å². The lowest BCUT2D eigenvalue weighted by Gasteiger charge is -2.18. The highest BCUT2D eigenvalue weighted by molar-refractivity contribution is 7.80. The van der Waals surface area contributed by atoms with Crippen molar-refractivity contribution in [2.24, 2.45) is 5.92 Å². The average molecular weight is 520 g/mol. The summed E-state index contributed by atoms with van der Waals surface area (Å²) in [4.78, 5) is 29.9. The van der Waals surface area contributed by atoms with Gasteiger partial charge in [-0.2, -0.15) is 13.2 Å². The quantitative estimate of drug-likeness (QED) is 0.352. The second-order valence-corrected chi connectivity index (χ2v) is 9.85. The zero-order chi connectivity index (χ0) is 25.9. The van der Waals surface area contributed by atoms with Gasteiger partial charge in [0, 0.05) is 23.2 Å². The highest BCUT2D eigenvalue weighted by atomic mass is 32.1. The summed E-state index contributed by atoms with van der Waals surface area (Å²) in [6.07, 6.45) is 1.28. The van der Waals surface area contributed by atoms with Crippen LogP contribution in [0.1, 0.15) is 43.9 Å². The van der Waals surface area contributed by atoms with Crippen LogP contribution in [-0.2, 0) is 22.3 Å². The first-order valence-corrected chi connectivity index (χ1v) is 12.2. The second-order valence-electron chi connectivity index (χ2n) is 9.33. The number of anilines is 2. The van der Waals surface area contributed by atoms with E-state index in [2.05, 4.69) is 45.8 Å². The molecular weight excluding hydrogens is 491 g/mol. The molecule has 2 aliphatic rings. The van der Waals surface area contributed by atoms with Crippen molar-refractivity contribution in [1.29, 1.82) is 0 Å². The van der Waals surface area contributed by atoms with Gasteiger partial charge in [-0.3, -0.25) is 14.6 Å². The molecule has 0 unspecified atom stereocenters. The van der Waals surface area contributed by atoms with E-state index in [0.29, 0.717) is 42.1 Å². The second kappa shape index (κ2) is 10.4. The smallest absolute Gasteiger partial charge is 0.390 e. The molecular formula is C25H28F3N5O2S. The topological polar surface area (TPSA) is 95.2 Å². The molecule has 2 heterocycles. The van der Waals surface area contributed by atoms with Crippen LogP contribution >= 0.6 is 12.6 Å². The van der Waals surface area contributed by atoms with Crippen molar-refractivity contribution in [2.45, 2.75) is 55.8 Å². The molecule has 7 nitrogen and oxygen atoms in total. The third-order valence-corrected chi connectivity index (χ3v) is 6.60. The minimum atomic E-state index is -4.53. The molecule has 1 aliphatic carbocycles. The molecule has 36 heavy (non-hydrogen) atoms. The Hall–Kier alpha value is -3.21. The number of benzene rings is 1. The highest BCUT2D eigenvalue weighted by Crippen LogP contribution is 2.38. The van der Waals surface area contributed by atoms with Crippen LogP contribution in [0.3, 0.4) is 0 Å². The van der Waals surface area contributed by atoms with Crippen LogP contribution in [0.25, 0.3) is 0 Å². The Morgan fingerprint density at radius 3 is 2.67 bits per heavy atom. The van der Waals surface area contributed by atoms with Gasteiger partial charge in [0.25, 0.3) is 0 Å². The van der Waals surface area contributed by atoms with Gasteiger partial charge in [-0.15, -0.1) is 12.6 Å². The Bertz CT molecular complexity index is 1160. The lowest BCUT2D eigenvalue weighted by molar-refractivity contribution is -0.137. The van der Waals surface area contributed by atoms with Crippen molar-refractivity contribution in [3.8, 4) is 0 Å². The summed E-state index contributed by atoms with van der Waals surface area (Å²) in [6.45, 7) is 3.06. The molecule has 4 rings (SSSR count). The number of thiol groups is 1. The molecule has 1 aromatic heterocycles. The molecule has 1 fully saturated rings. The van der Waals surface area contributed by atoms with Gasteiger partial charge in [0.1, 0.15) is 5.54 Å². The molecule has 0 spiro atoms. The van der Waals surface area contributed by atoms with E-state index in [1.54, 1.807) is 18.3 Å². The molecule has 2 aromatic rings. The maximum atomic E-state index is 13.3. The van der Waals surface area contributed by atoms with E-state index in [-0.39, 0.29) is 28.9 Å². The molecule has 192 valence electrons. The fourth-order valence-electron chi connectivity index (χ4n) is 3.94. The van der Waals surface area contributed by atoms with Gasteiger partial charge in [-0.1, -0.05) is 6.92 Å². The maximum Gasteiger partial charge on any atom is 0.418 e. The SMILES string of the molecule is C[C@@H]1CCC(C(=O)NC2(C(=O)NCc3ccc(Nc4ccc(S)cc4C(F)(F)F)cn3)CC2)=CNC1. The third-order valence-electron chi connectivity index (χ3n) is 6.32. The van der Waals surface area contributed by atoms with Crippen molar-refractivity contribution in [1.82, 2.24) is 20.9 Å². The van der Waals surface area contributed by atoms with Crippen LogP contribution < -0.4 is 21.3 Å². The minimum Gasteiger partial charge on any atom is -0.390 e. The Labute approximate surface area is 212 Å². The van der Waals surface area contributed by atoms with E-state index >= 15 is 0 Å². The number of hydrogen-bond donors (Lipinski definition) is 5. The predicted molar refractivity (Wildman–Crippen MR) is 133 cm³/mol. The highest BCUT2D eigenvalue weighted by Gasteiger charge is 2.51. The molecule has 0 bridgehead atoms. The third kappa shape index (κ3) is 6.31. The number of aromatic nitrogens is 1. The molecule has 2 amide bonds. The van der Waals surface area contributed by atoms with E-state index in [1.807, 2.05) is 0 Å². The van der Waals surface area contributed by atoms with Gasteiger partial charge in [0.2, 0.25) is 11.8 Å². The van der Waals surface area contributed by atoms with E-state index in [0.717, 1.165) is 19.0 Å².